The van der Waals surface area contributed by atoms with Gasteiger partial charge in [-0.15, -0.1) is 0 Å². The van der Waals surface area contributed by atoms with Crippen molar-refractivity contribution in [2.45, 2.75) is 12.5 Å². The van der Waals surface area contributed by atoms with Crippen molar-refractivity contribution in [2.75, 3.05) is 13.7 Å². The molecule has 0 aromatic heterocycles. The van der Waals surface area contributed by atoms with Gasteiger partial charge < -0.3 is 15.2 Å². The van der Waals surface area contributed by atoms with E-state index in [0.29, 0.717) is 6.42 Å². The zero-order chi connectivity index (χ0) is 15.2. The molecular weight excluding hydrogens is 270 g/mol. The molecule has 0 aliphatic rings. The number of carbonyl (C=O) groups is 2. The number of nitrogens with one attached hydrogen (secondary N) is 1. The summed E-state index contributed by atoms with van der Waals surface area (Å²) in [7, 11) is 1.26. The molecule has 2 aromatic rings. The van der Waals surface area contributed by atoms with Gasteiger partial charge >= 0.3 is 5.97 Å². The minimum absolute atomic E-state index is 0.309. The summed E-state index contributed by atoms with van der Waals surface area (Å²) < 4.78 is 4.68. The highest BCUT2D eigenvalue weighted by molar-refractivity contribution is 5.86. The van der Waals surface area contributed by atoms with E-state index < -0.39 is 24.5 Å². The Morgan fingerprint density at radius 3 is 2.57 bits per heavy atom. The van der Waals surface area contributed by atoms with Crippen LogP contribution in [0.2, 0.25) is 0 Å². The van der Waals surface area contributed by atoms with Gasteiger partial charge in [-0.25, -0.2) is 4.79 Å². The van der Waals surface area contributed by atoms with E-state index >= 15 is 0 Å². The quantitative estimate of drug-likeness (QED) is 0.805. The van der Waals surface area contributed by atoms with Gasteiger partial charge in [-0.3, -0.25) is 4.79 Å². The van der Waals surface area contributed by atoms with Gasteiger partial charge in [-0.05, 0) is 16.3 Å². The molecule has 2 N–H and O–H groups in total. The molecular formula is C16H17NO4. The van der Waals surface area contributed by atoms with Gasteiger partial charge in [-0.2, -0.15) is 0 Å². The second kappa shape index (κ2) is 6.85. The summed E-state index contributed by atoms with van der Waals surface area (Å²) in [4.78, 5) is 23.0. The molecule has 1 amide bonds. The zero-order valence-corrected chi connectivity index (χ0v) is 11.7. The molecule has 5 nitrogen and oxygen atoms in total. The van der Waals surface area contributed by atoms with Crippen LogP contribution in [0.15, 0.2) is 42.5 Å². The van der Waals surface area contributed by atoms with E-state index in [1.54, 1.807) is 0 Å². The lowest BCUT2D eigenvalue weighted by Crippen LogP contribution is -2.44. The first-order valence-corrected chi connectivity index (χ1v) is 6.59. The highest BCUT2D eigenvalue weighted by Gasteiger charge is 2.21. The lowest BCUT2D eigenvalue weighted by molar-refractivity contribution is -0.145. The number of amides is 1. The molecule has 5 heteroatoms. The topological polar surface area (TPSA) is 75.6 Å². The average Bonchev–Trinajstić information content (AvgIpc) is 2.53. The van der Waals surface area contributed by atoms with Crippen molar-refractivity contribution in [1.82, 2.24) is 5.32 Å². The van der Waals surface area contributed by atoms with E-state index in [9.17, 15) is 9.59 Å². The van der Waals surface area contributed by atoms with Crippen LogP contribution >= 0.6 is 0 Å². The molecule has 0 aliphatic carbocycles. The summed E-state index contributed by atoms with van der Waals surface area (Å²) in [5.74, 6) is -1.14. The number of benzene rings is 2. The molecule has 0 unspecified atom stereocenters. The number of esters is 1. The van der Waals surface area contributed by atoms with E-state index in [4.69, 9.17) is 5.11 Å². The third-order valence-electron chi connectivity index (χ3n) is 3.22. The van der Waals surface area contributed by atoms with Gasteiger partial charge in [-0.1, -0.05) is 42.5 Å². The SMILES string of the molecule is COC(=O)[C@@H](Cc1ccc2ccccc2c1)NC(=O)CO. The fraction of sp³-hybridized carbons (Fsp3) is 0.250. The van der Waals surface area contributed by atoms with Crippen LogP contribution in [-0.2, 0) is 20.7 Å². The van der Waals surface area contributed by atoms with Crippen LogP contribution < -0.4 is 5.32 Å². The number of carbonyl (C=O) groups excluding carboxylic acids is 2. The second-order valence-corrected chi connectivity index (χ2v) is 4.69. The van der Waals surface area contributed by atoms with Gasteiger partial charge in [0.2, 0.25) is 5.91 Å². The first-order chi connectivity index (χ1) is 10.1. The average molecular weight is 287 g/mol. The molecule has 21 heavy (non-hydrogen) atoms. The maximum atomic E-state index is 11.7. The number of aliphatic hydroxyl groups is 1. The Balaban J connectivity index is 2.20. The predicted octanol–water partition coefficient (Wildman–Crippen LogP) is 1.03. The Hall–Kier alpha value is -2.40. The minimum Gasteiger partial charge on any atom is -0.467 e. The van der Waals surface area contributed by atoms with Gasteiger partial charge in [0.25, 0.3) is 0 Å². The maximum absolute atomic E-state index is 11.7. The van der Waals surface area contributed by atoms with Crippen molar-refractivity contribution < 1.29 is 19.4 Å². The molecule has 1 atom stereocenters. The Kier molecular flexibility index (Phi) is 4.90. The van der Waals surface area contributed by atoms with Gasteiger partial charge in [0, 0.05) is 6.42 Å². The van der Waals surface area contributed by atoms with Crippen molar-refractivity contribution in [3.8, 4) is 0 Å². The van der Waals surface area contributed by atoms with Crippen LogP contribution in [0.1, 0.15) is 5.56 Å². The highest BCUT2D eigenvalue weighted by Crippen LogP contribution is 2.17. The Morgan fingerprint density at radius 2 is 1.90 bits per heavy atom. The Morgan fingerprint density at radius 1 is 1.19 bits per heavy atom. The molecule has 0 spiro atoms. The molecule has 110 valence electrons. The molecule has 0 radical (unpaired) electrons. The minimum atomic E-state index is -0.809. The molecule has 0 saturated carbocycles. The lowest BCUT2D eigenvalue weighted by Gasteiger charge is -2.16. The van der Waals surface area contributed by atoms with Crippen molar-refractivity contribution in [2.24, 2.45) is 0 Å². The highest BCUT2D eigenvalue weighted by atomic mass is 16.5. The van der Waals surface area contributed by atoms with Crippen LogP contribution in [0.5, 0.6) is 0 Å². The monoisotopic (exact) mass is 287 g/mol. The fourth-order valence-electron chi connectivity index (χ4n) is 2.18. The normalized spacial score (nSPS) is 11.9. The number of fused-ring (bicyclic) bond motifs is 1. The molecule has 2 rings (SSSR count). The standard InChI is InChI=1S/C16H17NO4/c1-21-16(20)14(17-15(19)10-18)9-11-6-7-12-4-2-3-5-13(12)8-11/h2-8,14,18H,9-10H2,1H3,(H,17,19)/t14-/m1/s1. The van der Waals surface area contributed by atoms with E-state index in [2.05, 4.69) is 10.1 Å². The van der Waals surface area contributed by atoms with E-state index in [-0.39, 0.29) is 0 Å². The number of methoxy groups -OCH3 is 1. The number of hydrogen-bond acceptors (Lipinski definition) is 4. The molecule has 2 aromatic carbocycles. The summed E-state index contributed by atoms with van der Waals surface area (Å²) in [6.45, 7) is -0.661. The molecule has 0 aliphatic heterocycles. The second-order valence-electron chi connectivity index (χ2n) is 4.69. The van der Waals surface area contributed by atoms with Crippen LogP contribution in [0.4, 0.5) is 0 Å². The fourth-order valence-corrected chi connectivity index (χ4v) is 2.18. The summed E-state index contributed by atoms with van der Waals surface area (Å²) in [5.41, 5.74) is 0.905. The molecule has 0 fully saturated rings. The van der Waals surface area contributed by atoms with E-state index in [1.807, 2.05) is 42.5 Å². The van der Waals surface area contributed by atoms with Gasteiger partial charge in [0.05, 0.1) is 7.11 Å². The lowest BCUT2D eigenvalue weighted by atomic mass is 10.0. The number of rotatable bonds is 5. The number of aliphatic hydroxyl groups excluding tert-OH is 1. The number of ether oxygens (including phenoxy) is 1. The smallest absolute Gasteiger partial charge is 0.328 e. The summed E-state index contributed by atoms with van der Waals surface area (Å²) in [5, 5.41) is 13.4. The largest absolute Gasteiger partial charge is 0.467 e. The Labute approximate surface area is 122 Å². The predicted molar refractivity (Wildman–Crippen MR) is 78.7 cm³/mol. The van der Waals surface area contributed by atoms with E-state index in [0.717, 1.165) is 16.3 Å². The maximum Gasteiger partial charge on any atom is 0.328 e. The summed E-state index contributed by atoms with van der Waals surface area (Å²) >= 11 is 0. The zero-order valence-electron chi connectivity index (χ0n) is 11.7. The third kappa shape index (κ3) is 3.79. The summed E-state index contributed by atoms with van der Waals surface area (Å²) in [6.07, 6.45) is 0.309. The van der Waals surface area contributed by atoms with Gasteiger partial charge in [0.15, 0.2) is 0 Å². The number of hydrogen-bond donors (Lipinski definition) is 2. The summed E-state index contributed by atoms with van der Waals surface area (Å²) in [6, 6.07) is 12.9. The van der Waals surface area contributed by atoms with Crippen LogP contribution in [0.25, 0.3) is 10.8 Å². The molecule has 0 saturated heterocycles. The molecule has 0 heterocycles. The third-order valence-corrected chi connectivity index (χ3v) is 3.22. The van der Waals surface area contributed by atoms with Crippen molar-refractivity contribution >= 4 is 22.6 Å². The van der Waals surface area contributed by atoms with Crippen molar-refractivity contribution in [1.29, 1.82) is 0 Å². The van der Waals surface area contributed by atoms with Crippen molar-refractivity contribution in [3.63, 3.8) is 0 Å². The van der Waals surface area contributed by atoms with Crippen LogP contribution in [-0.4, -0.2) is 36.7 Å². The first-order valence-electron chi connectivity index (χ1n) is 6.59. The van der Waals surface area contributed by atoms with Crippen LogP contribution in [0, 0.1) is 0 Å². The van der Waals surface area contributed by atoms with Crippen LogP contribution in [0.3, 0.4) is 0 Å². The Bertz CT molecular complexity index is 654. The van der Waals surface area contributed by atoms with E-state index in [1.165, 1.54) is 7.11 Å². The van der Waals surface area contributed by atoms with Crippen molar-refractivity contribution in [3.05, 3.63) is 48.0 Å². The van der Waals surface area contributed by atoms with Gasteiger partial charge in [0.1, 0.15) is 12.6 Å². The molecule has 0 bridgehead atoms. The first kappa shape index (κ1) is 15.0.